The fourth-order valence-corrected chi connectivity index (χ4v) is 1.44. The molecule has 0 aliphatic heterocycles. The number of hydrogen-bond donors (Lipinski definition) is 4. The predicted molar refractivity (Wildman–Crippen MR) is 65.6 cm³/mol. The maximum atomic E-state index is 9.56. The van der Waals surface area contributed by atoms with Crippen molar-refractivity contribution in [3.63, 3.8) is 0 Å². The minimum absolute atomic E-state index is 0.0885. The molecule has 15 heavy (non-hydrogen) atoms. The Labute approximate surface area is 103 Å². The molecule has 0 aromatic carbocycles. The summed E-state index contributed by atoms with van der Waals surface area (Å²) in [6.07, 6.45) is -2.27. The van der Waals surface area contributed by atoms with Gasteiger partial charge >= 0.3 is 6.16 Å². The highest BCUT2D eigenvalue weighted by atomic mass is 127. The summed E-state index contributed by atoms with van der Waals surface area (Å²) in [5, 5.41) is 33.0. The second kappa shape index (κ2) is 7.24. The Morgan fingerprint density at radius 1 is 1.27 bits per heavy atom. The van der Waals surface area contributed by atoms with Crippen LogP contribution in [0.25, 0.3) is 0 Å². The molecular weight excluding hydrogens is 315 g/mol. The van der Waals surface area contributed by atoms with E-state index >= 15 is 0 Å². The Morgan fingerprint density at radius 2 is 1.53 bits per heavy atom. The minimum atomic E-state index is -1.83. The van der Waals surface area contributed by atoms with Gasteiger partial charge in [0.2, 0.25) is 0 Å². The zero-order valence-electron chi connectivity index (χ0n) is 9.31. The highest BCUT2D eigenvalue weighted by molar-refractivity contribution is 14.1. The fraction of sp³-hybridized carbons (Fsp3) is 0.889. The van der Waals surface area contributed by atoms with E-state index in [1.54, 1.807) is 13.8 Å². The Kier molecular flexibility index (Phi) is 8.35. The average Bonchev–Trinajstić information content (AvgIpc) is 1.98. The van der Waals surface area contributed by atoms with Crippen LogP contribution < -0.4 is 0 Å². The molecule has 0 aromatic heterocycles. The zero-order chi connectivity index (χ0) is 12.8. The third-order valence-electron chi connectivity index (χ3n) is 2.10. The quantitative estimate of drug-likeness (QED) is 0.466. The predicted octanol–water partition coefficient (Wildman–Crippen LogP) is 1.80. The number of carbonyl (C=O) groups is 1. The van der Waals surface area contributed by atoms with Crippen molar-refractivity contribution in [3.8, 4) is 0 Å². The summed E-state index contributed by atoms with van der Waals surface area (Å²) in [5.41, 5.74) is -0.793. The smallest absolute Gasteiger partial charge is 0.450 e. The third-order valence-corrected chi connectivity index (χ3v) is 2.83. The molecule has 4 N–H and O–H groups in total. The van der Waals surface area contributed by atoms with Crippen LogP contribution in [0.5, 0.6) is 0 Å². The molecule has 3 unspecified atom stereocenters. The summed E-state index contributed by atoms with van der Waals surface area (Å²) in [7, 11) is 0. The second-order valence-electron chi connectivity index (χ2n) is 3.89. The molecule has 0 aliphatic carbocycles. The summed E-state index contributed by atoms with van der Waals surface area (Å²) in [6, 6.07) is 0. The Bertz CT molecular complexity index is 183. The SMILES string of the molecule is CC(I)C(O)C(C)C(C)(C)O.O=C(O)O. The van der Waals surface area contributed by atoms with Gasteiger partial charge in [-0.2, -0.15) is 0 Å². The Hall–Kier alpha value is -0.0800. The van der Waals surface area contributed by atoms with E-state index in [0.29, 0.717) is 0 Å². The van der Waals surface area contributed by atoms with Gasteiger partial charge in [-0.15, -0.1) is 0 Å². The van der Waals surface area contributed by atoms with Gasteiger partial charge < -0.3 is 20.4 Å². The van der Waals surface area contributed by atoms with Crippen molar-refractivity contribution < 1.29 is 25.2 Å². The van der Waals surface area contributed by atoms with Crippen LogP contribution in [0.1, 0.15) is 27.7 Å². The van der Waals surface area contributed by atoms with Gasteiger partial charge in [0.25, 0.3) is 0 Å². The van der Waals surface area contributed by atoms with Crippen molar-refractivity contribution in [3.05, 3.63) is 0 Å². The van der Waals surface area contributed by atoms with E-state index in [4.69, 9.17) is 15.0 Å². The molecule has 5 nitrogen and oxygen atoms in total. The van der Waals surface area contributed by atoms with Crippen molar-refractivity contribution in [2.24, 2.45) is 5.92 Å². The van der Waals surface area contributed by atoms with Crippen LogP contribution in [0.15, 0.2) is 0 Å². The van der Waals surface area contributed by atoms with Gasteiger partial charge in [0, 0.05) is 9.84 Å². The lowest BCUT2D eigenvalue weighted by molar-refractivity contribution is -0.0352. The molecule has 0 radical (unpaired) electrons. The highest BCUT2D eigenvalue weighted by Gasteiger charge is 2.30. The van der Waals surface area contributed by atoms with Gasteiger partial charge in [0.1, 0.15) is 0 Å². The number of hydrogen-bond acceptors (Lipinski definition) is 3. The third kappa shape index (κ3) is 10.2. The lowest BCUT2D eigenvalue weighted by Crippen LogP contribution is -2.40. The number of aliphatic hydroxyl groups excluding tert-OH is 1. The molecule has 0 aliphatic rings. The topological polar surface area (TPSA) is 98.0 Å². The van der Waals surface area contributed by atoms with Crippen molar-refractivity contribution in [2.75, 3.05) is 0 Å². The molecule has 0 aromatic rings. The van der Waals surface area contributed by atoms with Crippen LogP contribution in [0, 0.1) is 5.92 Å². The number of aliphatic hydroxyl groups is 2. The van der Waals surface area contributed by atoms with Crippen LogP contribution in [-0.2, 0) is 0 Å². The lowest BCUT2D eigenvalue weighted by Gasteiger charge is -2.31. The first-order valence-electron chi connectivity index (χ1n) is 4.46. The van der Waals surface area contributed by atoms with E-state index in [-0.39, 0.29) is 9.84 Å². The van der Waals surface area contributed by atoms with E-state index in [1.165, 1.54) is 0 Å². The molecule has 0 spiro atoms. The normalized spacial score (nSPS) is 17.0. The van der Waals surface area contributed by atoms with Crippen LogP contribution in [0.2, 0.25) is 0 Å². The second-order valence-corrected chi connectivity index (χ2v) is 5.86. The summed E-state index contributed by atoms with van der Waals surface area (Å²) in [4.78, 5) is 8.56. The van der Waals surface area contributed by atoms with Crippen molar-refractivity contribution in [1.82, 2.24) is 0 Å². The van der Waals surface area contributed by atoms with Gasteiger partial charge in [0.15, 0.2) is 0 Å². The van der Waals surface area contributed by atoms with Crippen LogP contribution in [-0.4, -0.2) is 42.2 Å². The van der Waals surface area contributed by atoms with E-state index in [0.717, 1.165) is 0 Å². The molecule has 0 bridgehead atoms. The first kappa shape index (κ1) is 17.3. The number of alkyl halides is 1. The van der Waals surface area contributed by atoms with E-state index < -0.39 is 17.9 Å². The first-order chi connectivity index (χ1) is 6.50. The first-order valence-corrected chi connectivity index (χ1v) is 5.71. The maximum Gasteiger partial charge on any atom is 0.503 e. The highest BCUT2D eigenvalue weighted by Crippen LogP contribution is 2.24. The summed E-state index contributed by atoms with van der Waals surface area (Å²) < 4.78 is 0.175. The standard InChI is InChI=1S/C8H17IO2.CH2O3/c1-5(8(3,4)11)7(10)6(2)9;2-1(3)4/h5-7,10-11H,1-4H3;(H2,2,3,4). The van der Waals surface area contributed by atoms with Crippen LogP contribution in [0.3, 0.4) is 0 Å². The Balaban J connectivity index is 0. The zero-order valence-corrected chi connectivity index (χ0v) is 11.5. The monoisotopic (exact) mass is 334 g/mol. The van der Waals surface area contributed by atoms with Gasteiger partial charge in [0.05, 0.1) is 11.7 Å². The van der Waals surface area contributed by atoms with Crippen molar-refractivity contribution in [1.29, 1.82) is 0 Å². The van der Waals surface area contributed by atoms with E-state index in [1.807, 2.05) is 13.8 Å². The number of carboxylic acid groups (broad SMARTS) is 2. The molecule has 3 atom stereocenters. The molecule has 92 valence electrons. The molecule has 0 heterocycles. The molecular formula is C9H19IO5. The largest absolute Gasteiger partial charge is 0.503 e. The van der Waals surface area contributed by atoms with Crippen LogP contribution in [0.4, 0.5) is 4.79 Å². The summed E-state index contributed by atoms with van der Waals surface area (Å²) in [5.74, 6) is -0.0885. The van der Waals surface area contributed by atoms with Gasteiger partial charge in [-0.05, 0) is 13.8 Å². The molecule has 0 saturated heterocycles. The van der Waals surface area contributed by atoms with Gasteiger partial charge in [-0.25, -0.2) is 4.79 Å². The van der Waals surface area contributed by atoms with Gasteiger partial charge in [-0.1, -0.05) is 36.4 Å². The molecule has 0 amide bonds. The Morgan fingerprint density at radius 3 is 1.60 bits per heavy atom. The number of rotatable bonds is 3. The molecule has 0 fully saturated rings. The van der Waals surface area contributed by atoms with Crippen LogP contribution >= 0.6 is 22.6 Å². The molecule has 0 rings (SSSR count). The fourth-order valence-electron chi connectivity index (χ4n) is 0.816. The summed E-state index contributed by atoms with van der Waals surface area (Å²) in [6.45, 7) is 7.24. The van der Waals surface area contributed by atoms with Gasteiger partial charge in [-0.3, -0.25) is 0 Å². The van der Waals surface area contributed by atoms with E-state index in [2.05, 4.69) is 22.6 Å². The van der Waals surface area contributed by atoms with E-state index in [9.17, 15) is 10.2 Å². The average molecular weight is 334 g/mol. The van der Waals surface area contributed by atoms with Crippen molar-refractivity contribution in [2.45, 2.75) is 43.3 Å². The summed E-state index contributed by atoms with van der Waals surface area (Å²) >= 11 is 2.16. The molecule has 0 saturated carbocycles. The minimum Gasteiger partial charge on any atom is -0.450 e. The number of halogens is 1. The van der Waals surface area contributed by atoms with Crippen molar-refractivity contribution >= 4 is 28.7 Å². The lowest BCUT2D eigenvalue weighted by atomic mass is 9.87. The molecule has 6 heteroatoms. The maximum absolute atomic E-state index is 9.56.